The highest BCUT2D eigenvalue weighted by molar-refractivity contribution is 6.37. The highest BCUT2D eigenvalue weighted by Gasteiger charge is 2.13. The number of rotatable bonds is 7. The van der Waals surface area contributed by atoms with Crippen LogP contribution in [0.25, 0.3) is 0 Å². The fraction of sp³-hybridized carbons (Fsp3) is 0.125. The van der Waals surface area contributed by atoms with Crippen molar-refractivity contribution in [1.82, 2.24) is 5.43 Å². The molecule has 0 bridgehead atoms. The number of nitrogens with zero attached hydrogens (tertiary/aromatic N) is 1. The van der Waals surface area contributed by atoms with Crippen molar-refractivity contribution in [2.24, 2.45) is 5.10 Å². The maximum Gasteiger partial charge on any atom is 0.271 e. The average Bonchev–Trinajstić information content (AvgIpc) is 2.76. The normalized spacial score (nSPS) is 10.8. The largest absolute Gasteiger partial charge is 0.481 e. The minimum Gasteiger partial charge on any atom is -0.481 e. The Kier molecular flexibility index (Phi) is 7.87. The molecule has 0 saturated carbocycles. The van der Waals surface area contributed by atoms with Crippen molar-refractivity contribution < 1.29 is 14.3 Å². The van der Waals surface area contributed by atoms with Gasteiger partial charge < -0.3 is 10.1 Å². The van der Waals surface area contributed by atoms with Crippen LogP contribution in [0.5, 0.6) is 5.75 Å². The van der Waals surface area contributed by atoms with Crippen molar-refractivity contribution in [3.63, 3.8) is 0 Å². The van der Waals surface area contributed by atoms with E-state index in [9.17, 15) is 9.59 Å². The number of carbonyl (C=O) groups excluding carboxylic acids is 2. The highest BCUT2D eigenvalue weighted by atomic mass is 35.5. The van der Waals surface area contributed by atoms with Crippen LogP contribution < -0.4 is 15.5 Å². The Morgan fingerprint density at radius 2 is 1.69 bits per heavy atom. The number of benzene rings is 3. The summed E-state index contributed by atoms with van der Waals surface area (Å²) in [4.78, 5) is 24.3. The van der Waals surface area contributed by atoms with E-state index in [4.69, 9.17) is 27.9 Å². The molecule has 0 unspecified atom stereocenters. The lowest BCUT2D eigenvalue weighted by atomic mass is 10.1. The van der Waals surface area contributed by atoms with Crippen LogP contribution in [0.4, 0.5) is 5.69 Å². The molecule has 0 heterocycles. The van der Waals surface area contributed by atoms with Gasteiger partial charge in [0.1, 0.15) is 0 Å². The van der Waals surface area contributed by atoms with Crippen LogP contribution in [0.1, 0.15) is 27.0 Å². The third-order valence-corrected chi connectivity index (χ3v) is 5.01. The first kappa shape index (κ1) is 23.3. The smallest absolute Gasteiger partial charge is 0.271 e. The molecule has 0 radical (unpaired) electrons. The van der Waals surface area contributed by atoms with Gasteiger partial charge in [-0.15, -0.1) is 0 Å². The molecular weight excluding hydrogens is 449 g/mol. The topological polar surface area (TPSA) is 79.8 Å². The lowest BCUT2D eigenvalue weighted by molar-refractivity contribution is -0.118. The van der Waals surface area contributed by atoms with Gasteiger partial charge in [-0.05, 0) is 60.9 Å². The summed E-state index contributed by atoms with van der Waals surface area (Å²) in [6.45, 7) is 3.60. The minimum atomic E-state index is -0.339. The summed E-state index contributed by atoms with van der Waals surface area (Å²) >= 11 is 12.5. The van der Waals surface area contributed by atoms with Crippen molar-refractivity contribution in [3.05, 3.63) is 93.0 Å². The predicted octanol–water partition coefficient (Wildman–Crippen LogP) is 5.39. The van der Waals surface area contributed by atoms with Crippen molar-refractivity contribution in [2.45, 2.75) is 13.8 Å². The van der Waals surface area contributed by atoms with E-state index in [1.54, 1.807) is 36.4 Å². The number of hydrogen-bond acceptors (Lipinski definition) is 4. The fourth-order valence-corrected chi connectivity index (χ4v) is 3.42. The average molecular weight is 470 g/mol. The Morgan fingerprint density at radius 3 is 2.38 bits per heavy atom. The quantitative estimate of drug-likeness (QED) is 0.359. The van der Waals surface area contributed by atoms with E-state index in [2.05, 4.69) is 15.8 Å². The maximum atomic E-state index is 12.3. The summed E-state index contributed by atoms with van der Waals surface area (Å²) in [5.74, 6) is -0.483. The summed E-state index contributed by atoms with van der Waals surface area (Å²) in [6.07, 6.45) is 1.41. The molecule has 0 aromatic heterocycles. The van der Waals surface area contributed by atoms with Crippen LogP contribution in [0.2, 0.25) is 10.0 Å². The van der Waals surface area contributed by atoms with Gasteiger partial charge in [0.25, 0.3) is 11.8 Å². The minimum absolute atomic E-state index is 0.190. The Morgan fingerprint density at radius 1 is 1.00 bits per heavy atom. The molecule has 0 fully saturated rings. The first-order valence-corrected chi connectivity index (χ1v) is 10.5. The molecule has 2 amide bonds. The van der Waals surface area contributed by atoms with Gasteiger partial charge in [0.05, 0.1) is 16.3 Å². The SMILES string of the molecule is Cc1ccc(C)c(NC(=O)COc2c(Cl)cc(/C=N/NC(=O)c3ccccc3)cc2Cl)c1. The molecule has 0 aliphatic heterocycles. The summed E-state index contributed by atoms with van der Waals surface area (Å²) in [5.41, 5.74) is 6.18. The van der Waals surface area contributed by atoms with Gasteiger partial charge in [0, 0.05) is 11.3 Å². The van der Waals surface area contributed by atoms with Gasteiger partial charge >= 0.3 is 0 Å². The number of nitrogens with one attached hydrogen (secondary N) is 2. The van der Waals surface area contributed by atoms with Crippen LogP contribution in [0, 0.1) is 13.8 Å². The second-order valence-corrected chi connectivity index (χ2v) is 7.85. The number of aryl methyl sites for hydroxylation is 2. The number of halogens is 2. The second-order valence-electron chi connectivity index (χ2n) is 7.03. The third-order valence-electron chi connectivity index (χ3n) is 4.45. The van der Waals surface area contributed by atoms with Gasteiger partial charge in [-0.1, -0.05) is 53.5 Å². The van der Waals surface area contributed by atoms with Crippen molar-refractivity contribution in [3.8, 4) is 5.75 Å². The Hall–Kier alpha value is -3.35. The molecular formula is C24H21Cl2N3O3. The number of carbonyl (C=O) groups is 2. The Labute approximate surface area is 196 Å². The van der Waals surface area contributed by atoms with E-state index in [1.165, 1.54) is 6.21 Å². The molecule has 32 heavy (non-hydrogen) atoms. The van der Waals surface area contributed by atoms with E-state index in [1.807, 2.05) is 38.1 Å². The van der Waals surface area contributed by atoms with Crippen LogP contribution in [0.15, 0.2) is 65.8 Å². The summed E-state index contributed by atoms with van der Waals surface area (Å²) in [6, 6.07) is 17.6. The van der Waals surface area contributed by atoms with Gasteiger partial charge in [-0.2, -0.15) is 5.10 Å². The standard InChI is InChI=1S/C24H21Cl2N3O3/c1-15-8-9-16(2)21(10-15)28-22(30)14-32-23-19(25)11-17(12-20(23)26)13-27-29-24(31)18-6-4-3-5-7-18/h3-13H,14H2,1-2H3,(H,28,30)(H,29,31)/b27-13+. The monoisotopic (exact) mass is 469 g/mol. The molecule has 0 saturated heterocycles. The van der Waals surface area contributed by atoms with Crippen LogP contribution in [-0.2, 0) is 4.79 Å². The third kappa shape index (κ3) is 6.33. The first-order valence-electron chi connectivity index (χ1n) is 9.71. The molecule has 0 spiro atoms. The molecule has 0 aliphatic carbocycles. The zero-order chi connectivity index (χ0) is 23.1. The number of hydrogen-bond donors (Lipinski definition) is 2. The van der Waals surface area contributed by atoms with E-state index in [0.29, 0.717) is 11.1 Å². The van der Waals surface area contributed by atoms with Crippen molar-refractivity contribution >= 4 is 46.9 Å². The van der Waals surface area contributed by atoms with E-state index in [0.717, 1.165) is 16.8 Å². The maximum absolute atomic E-state index is 12.3. The molecule has 2 N–H and O–H groups in total. The number of ether oxygens (including phenoxy) is 1. The fourth-order valence-electron chi connectivity index (χ4n) is 2.81. The van der Waals surface area contributed by atoms with E-state index >= 15 is 0 Å². The molecule has 3 aromatic rings. The zero-order valence-corrected chi connectivity index (χ0v) is 19.0. The summed E-state index contributed by atoms with van der Waals surface area (Å²) in [7, 11) is 0. The van der Waals surface area contributed by atoms with Gasteiger partial charge in [-0.3, -0.25) is 9.59 Å². The Balaban J connectivity index is 1.59. The van der Waals surface area contributed by atoms with Gasteiger partial charge in [-0.25, -0.2) is 5.43 Å². The van der Waals surface area contributed by atoms with Crippen LogP contribution in [-0.4, -0.2) is 24.6 Å². The van der Waals surface area contributed by atoms with Gasteiger partial charge in [0.2, 0.25) is 0 Å². The van der Waals surface area contributed by atoms with Gasteiger partial charge in [0.15, 0.2) is 12.4 Å². The molecule has 3 aromatic carbocycles. The molecule has 3 rings (SSSR count). The molecule has 164 valence electrons. The summed E-state index contributed by atoms with van der Waals surface area (Å²) < 4.78 is 5.54. The second kappa shape index (κ2) is 10.8. The molecule has 0 aliphatic rings. The van der Waals surface area contributed by atoms with Crippen LogP contribution in [0.3, 0.4) is 0 Å². The van der Waals surface area contributed by atoms with E-state index < -0.39 is 0 Å². The van der Waals surface area contributed by atoms with Crippen molar-refractivity contribution in [1.29, 1.82) is 0 Å². The van der Waals surface area contributed by atoms with Crippen LogP contribution >= 0.6 is 23.2 Å². The predicted molar refractivity (Wildman–Crippen MR) is 128 cm³/mol. The molecule has 6 nitrogen and oxygen atoms in total. The lowest BCUT2D eigenvalue weighted by Crippen LogP contribution is -2.21. The number of anilines is 1. The lowest BCUT2D eigenvalue weighted by Gasteiger charge is -2.12. The number of hydrazone groups is 1. The zero-order valence-electron chi connectivity index (χ0n) is 17.5. The van der Waals surface area contributed by atoms with E-state index in [-0.39, 0.29) is 34.2 Å². The summed E-state index contributed by atoms with van der Waals surface area (Å²) in [5, 5.41) is 7.16. The first-order chi connectivity index (χ1) is 15.3. The van der Waals surface area contributed by atoms with Crippen molar-refractivity contribution in [2.75, 3.05) is 11.9 Å². The number of amides is 2. The Bertz CT molecular complexity index is 1140. The highest BCUT2D eigenvalue weighted by Crippen LogP contribution is 2.34. The molecule has 8 heteroatoms. The molecule has 0 atom stereocenters.